The van der Waals surface area contributed by atoms with Gasteiger partial charge < -0.3 is 10.2 Å². The van der Waals surface area contributed by atoms with Gasteiger partial charge in [0, 0.05) is 0 Å². The van der Waals surface area contributed by atoms with Crippen LogP contribution in [-0.2, 0) is 0 Å². The number of aliphatic hydroxyl groups is 2. The molecule has 0 radical (unpaired) electrons. The summed E-state index contributed by atoms with van der Waals surface area (Å²) in [6, 6.07) is 0. The van der Waals surface area contributed by atoms with Crippen LogP contribution in [0.2, 0.25) is 0 Å². The minimum atomic E-state index is -0.480. The molecule has 0 spiro atoms. The topological polar surface area (TPSA) is 40.5 Å². The lowest BCUT2D eigenvalue weighted by atomic mass is 9.79. The second-order valence-electron chi connectivity index (χ2n) is 3.56. The minimum Gasteiger partial charge on any atom is -0.390 e. The first-order valence-electron chi connectivity index (χ1n) is 3.97. The van der Waals surface area contributed by atoms with E-state index in [0.29, 0.717) is 11.8 Å². The monoisotopic (exact) mass is 144 g/mol. The van der Waals surface area contributed by atoms with Crippen LogP contribution in [0.25, 0.3) is 0 Å². The van der Waals surface area contributed by atoms with Crippen molar-refractivity contribution in [3.63, 3.8) is 0 Å². The third-order valence-corrected chi connectivity index (χ3v) is 2.64. The predicted octanol–water partition coefficient (Wildman–Crippen LogP) is 0.774. The molecule has 1 fully saturated rings. The number of hydrogen-bond donors (Lipinski definition) is 2. The summed E-state index contributed by atoms with van der Waals surface area (Å²) in [6.45, 7) is 4.25. The molecular weight excluding hydrogens is 128 g/mol. The lowest BCUT2D eigenvalue weighted by Gasteiger charge is -2.33. The Morgan fingerprint density at radius 2 is 1.20 bits per heavy atom. The van der Waals surface area contributed by atoms with Crippen molar-refractivity contribution >= 4 is 0 Å². The van der Waals surface area contributed by atoms with E-state index in [0.717, 1.165) is 12.8 Å². The van der Waals surface area contributed by atoms with Crippen molar-refractivity contribution in [1.82, 2.24) is 0 Å². The van der Waals surface area contributed by atoms with Crippen LogP contribution in [0, 0.1) is 11.8 Å². The van der Waals surface area contributed by atoms with Gasteiger partial charge in [-0.2, -0.15) is 0 Å². The molecule has 0 bridgehead atoms. The molecule has 60 valence electrons. The van der Waals surface area contributed by atoms with Crippen LogP contribution < -0.4 is 0 Å². The van der Waals surface area contributed by atoms with Crippen molar-refractivity contribution in [3.8, 4) is 0 Å². The van der Waals surface area contributed by atoms with E-state index in [1.807, 2.05) is 0 Å². The average molecular weight is 144 g/mol. The van der Waals surface area contributed by atoms with Gasteiger partial charge in [0.25, 0.3) is 0 Å². The Morgan fingerprint density at radius 1 is 0.900 bits per heavy atom. The van der Waals surface area contributed by atoms with Crippen molar-refractivity contribution in [3.05, 3.63) is 0 Å². The Labute approximate surface area is 61.9 Å². The second kappa shape index (κ2) is 2.89. The molecule has 0 amide bonds. The van der Waals surface area contributed by atoms with Gasteiger partial charge in [0.05, 0.1) is 12.2 Å². The Bertz CT molecular complexity index is 87.8. The number of rotatable bonds is 0. The summed E-state index contributed by atoms with van der Waals surface area (Å²) in [7, 11) is 0. The van der Waals surface area contributed by atoms with Crippen LogP contribution in [-0.4, -0.2) is 22.4 Å². The standard InChI is InChI=1S/C8H16O2/c1-5-3-7(9)8(10)4-6(5)2/h5-10H,3-4H2,1-2H3/t5-,6+,7+,8-. The molecule has 1 rings (SSSR count). The average Bonchev–Trinajstić information content (AvgIpc) is 1.84. The Kier molecular flexibility index (Phi) is 2.32. The van der Waals surface area contributed by atoms with Gasteiger partial charge in [-0.3, -0.25) is 0 Å². The van der Waals surface area contributed by atoms with E-state index >= 15 is 0 Å². The maximum atomic E-state index is 9.22. The summed E-state index contributed by atoms with van der Waals surface area (Å²) in [4.78, 5) is 0. The molecular formula is C8H16O2. The highest BCUT2D eigenvalue weighted by molar-refractivity contribution is 4.81. The summed E-state index contributed by atoms with van der Waals surface area (Å²) in [5, 5.41) is 18.4. The molecule has 4 atom stereocenters. The highest BCUT2D eigenvalue weighted by Gasteiger charge is 2.29. The first kappa shape index (κ1) is 8.02. The van der Waals surface area contributed by atoms with E-state index in [2.05, 4.69) is 13.8 Å². The van der Waals surface area contributed by atoms with Gasteiger partial charge in [0.15, 0.2) is 0 Å². The van der Waals surface area contributed by atoms with Crippen LogP contribution in [0.15, 0.2) is 0 Å². The third kappa shape index (κ3) is 1.50. The third-order valence-electron chi connectivity index (χ3n) is 2.64. The summed E-state index contributed by atoms with van der Waals surface area (Å²) in [6.07, 6.45) is 0.544. The first-order valence-corrected chi connectivity index (χ1v) is 3.97. The largest absolute Gasteiger partial charge is 0.390 e. The number of aliphatic hydroxyl groups excluding tert-OH is 2. The molecule has 2 heteroatoms. The molecule has 2 nitrogen and oxygen atoms in total. The molecule has 1 saturated carbocycles. The molecule has 0 aromatic heterocycles. The van der Waals surface area contributed by atoms with Gasteiger partial charge in [0.1, 0.15) is 0 Å². The molecule has 0 saturated heterocycles. The van der Waals surface area contributed by atoms with E-state index in [1.54, 1.807) is 0 Å². The highest BCUT2D eigenvalue weighted by Crippen LogP contribution is 2.29. The van der Waals surface area contributed by atoms with E-state index in [4.69, 9.17) is 0 Å². The zero-order valence-corrected chi connectivity index (χ0v) is 6.62. The van der Waals surface area contributed by atoms with Gasteiger partial charge in [-0.25, -0.2) is 0 Å². The lowest BCUT2D eigenvalue weighted by Crippen LogP contribution is -2.36. The van der Waals surface area contributed by atoms with E-state index in [1.165, 1.54) is 0 Å². The molecule has 2 N–H and O–H groups in total. The van der Waals surface area contributed by atoms with Crippen LogP contribution in [0.3, 0.4) is 0 Å². The smallest absolute Gasteiger partial charge is 0.0801 e. The van der Waals surface area contributed by atoms with Crippen molar-refractivity contribution in [2.75, 3.05) is 0 Å². The fraction of sp³-hybridized carbons (Fsp3) is 1.00. The Hall–Kier alpha value is -0.0800. The fourth-order valence-electron chi connectivity index (χ4n) is 1.54. The van der Waals surface area contributed by atoms with Crippen molar-refractivity contribution < 1.29 is 10.2 Å². The van der Waals surface area contributed by atoms with Crippen LogP contribution in [0.4, 0.5) is 0 Å². The van der Waals surface area contributed by atoms with Gasteiger partial charge in [-0.15, -0.1) is 0 Å². The van der Waals surface area contributed by atoms with Gasteiger partial charge >= 0.3 is 0 Å². The van der Waals surface area contributed by atoms with Crippen molar-refractivity contribution in [2.24, 2.45) is 11.8 Å². The zero-order valence-electron chi connectivity index (χ0n) is 6.62. The predicted molar refractivity (Wildman–Crippen MR) is 39.6 cm³/mol. The fourth-order valence-corrected chi connectivity index (χ4v) is 1.54. The molecule has 0 unspecified atom stereocenters. The lowest BCUT2D eigenvalue weighted by molar-refractivity contribution is -0.0408. The van der Waals surface area contributed by atoms with Crippen LogP contribution >= 0.6 is 0 Å². The molecule has 1 aliphatic carbocycles. The van der Waals surface area contributed by atoms with E-state index in [-0.39, 0.29) is 0 Å². The maximum absolute atomic E-state index is 9.22. The highest BCUT2D eigenvalue weighted by atomic mass is 16.3. The number of hydrogen-bond acceptors (Lipinski definition) is 2. The maximum Gasteiger partial charge on any atom is 0.0801 e. The summed E-state index contributed by atoms with van der Waals surface area (Å²) < 4.78 is 0. The van der Waals surface area contributed by atoms with Crippen LogP contribution in [0.1, 0.15) is 26.7 Å². The molecule has 0 aromatic carbocycles. The zero-order chi connectivity index (χ0) is 7.72. The second-order valence-corrected chi connectivity index (χ2v) is 3.56. The molecule has 0 aliphatic heterocycles. The Morgan fingerprint density at radius 3 is 1.50 bits per heavy atom. The Balaban J connectivity index is 2.46. The van der Waals surface area contributed by atoms with Gasteiger partial charge in [-0.05, 0) is 24.7 Å². The summed E-state index contributed by atoms with van der Waals surface area (Å²) in [5.74, 6) is 1.11. The molecule has 0 aromatic rings. The van der Waals surface area contributed by atoms with E-state index in [9.17, 15) is 10.2 Å². The molecule has 0 heterocycles. The molecule has 1 aliphatic rings. The SMILES string of the molecule is C[C@@H]1C[C@H](O)[C@H](O)C[C@@H]1C. The molecule has 10 heavy (non-hydrogen) atoms. The summed E-state index contributed by atoms with van der Waals surface area (Å²) >= 11 is 0. The van der Waals surface area contributed by atoms with Crippen LogP contribution in [0.5, 0.6) is 0 Å². The first-order chi connectivity index (χ1) is 4.61. The minimum absolute atomic E-state index is 0.480. The van der Waals surface area contributed by atoms with E-state index < -0.39 is 12.2 Å². The summed E-state index contributed by atoms with van der Waals surface area (Å²) in [5.41, 5.74) is 0. The quantitative estimate of drug-likeness (QED) is 0.527. The van der Waals surface area contributed by atoms with Gasteiger partial charge in [0.2, 0.25) is 0 Å². The van der Waals surface area contributed by atoms with Gasteiger partial charge in [-0.1, -0.05) is 13.8 Å². The van der Waals surface area contributed by atoms with Crippen molar-refractivity contribution in [2.45, 2.75) is 38.9 Å². The normalized spacial score (nSPS) is 49.2. The van der Waals surface area contributed by atoms with Crippen molar-refractivity contribution in [1.29, 1.82) is 0 Å².